The van der Waals surface area contributed by atoms with Gasteiger partial charge in [-0.1, -0.05) is 48.5 Å². The number of fused-ring (bicyclic) bond motifs is 1. The Morgan fingerprint density at radius 1 is 1.04 bits per heavy atom. The van der Waals surface area contributed by atoms with Gasteiger partial charge < -0.3 is 14.1 Å². The molecule has 3 aromatic rings. The first-order valence-electron chi connectivity index (χ1n) is 8.64. The monoisotopic (exact) mass is 349 g/mol. The molecule has 1 saturated heterocycles. The first kappa shape index (κ1) is 16.5. The van der Waals surface area contributed by atoms with Crippen molar-refractivity contribution in [1.29, 1.82) is 0 Å². The molecular weight excluding hydrogens is 330 g/mol. The Labute approximate surface area is 150 Å². The van der Waals surface area contributed by atoms with Crippen molar-refractivity contribution in [2.75, 3.05) is 13.1 Å². The normalized spacial score (nSPS) is 20.3. The minimum atomic E-state index is -0.607. The smallest absolute Gasteiger partial charge is 0.349 e. The summed E-state index contributed by atoms with van der Waals surface area (Å²) in [5.74, 6) is -0.319. The van der Waals surface area contributed by atoms with E-state index in [9.17, 15) is 9.59 Å². The highest BCUT2D eigenvalue weighted by Gasteiger charge is 2.31. The summed E-state index contributed by atoms with van der Waals surface area (Å²) in [5, 5.41) is 0.733. The number of benzene rings is 2. The standard InChI is InChI=1S/C21H19NO4/c1-14-12-22(13-19(25-14)15-7-3-2-4-8-15)20(23)17-11-16-9-5-6-10-18(16)26-21(17)24/h2-11,14,19H,12-13H2,1H3. The molecule has 5 heteroatoms. The first-order chi connectivity index (χ1) is 12.6. The zero-order valence-electron chi connectivity index (χ0n) is 14.4. The highest BCUT2D eigenvalue weighted by Crippen LogP contribution is 2.26. The summed E-state index contributed by atoms with van der Waals surface area (Å²) < 4.78 is 11.3. The summed E-state index contributed by atoms with van der Waals surface area (Å²) in [7, 11) is 0. The van der Waals surface area contributed by atoms with Gasteiger partial charge in [0.25, 0.3) is 5.91 Å². The van der Waals surface area contributed by atoms with Crippen LogP contribution < -0.4 is 5.63 Å². The molecule has 1 aliphatic heterocycles. The lowest BCUT2D eigenvalue weighted by Crippen LogP contribution is -2.46. The molecule has 1 amide bonds. The number of carbonyl (C=O) groups is 1. The molecule has 0 aliphatic carbocycles. The van der Waals surface area contributed by atoms with Crippen molar-refractivity contribution in [2.45, 2.75) is 19.1 Å². The average molecular weight is 349 g/mol. The van der Waals surface area contributed by atoms with Crippen LogP contribution in [0.1, 0.15) is 28.9 Å². The Morgan fingerprint density at radius 2 is 1.77 bits per heavy atom. The lowest BCUT2D eigenvalue weighted by molar-refractivity contribution is -0.0692. The van der Waals surface area contributed by atoms with Gasteiger partial charge in [0.2, 0.25) is 0 Å². The third kappa shape index (κ3) is 3.13. The number of ether oxygens (including phenoxy) is 1. The summed E-state index contributed by atoms with van der Waals surface area (Å²) >= 11 is 0. The number of nitrogens with zero attached hydrogens (tertiary/aromatic N) is 1. The fourth-order valence-corrected chi connectivity index (χ4v) is 3.35. The zero-order chi connectivity index (χ0) is 18.1. The summed E-state index contributed by atoms with van der Waals surface area (Å²) in [5.41, 5.74) is 0.947. The fourth-order valence-electron chi connectivity index (χ4n) is 3.35. The number of morpholine rings is 1. The summed E-state index contributed by atoms with van der Waals surface area (Å²) in [6.07, 6.45) is -0.332. The number of para-hydroxylation sites is 1. The molecule has 2 heterocycles. The van der Waals surface area contributed by atoms with Crippen LogP contribution in [0.25, 0.3) is 11.0 Å². The Hall–Kier alpha value is -2.92. The minimum Gasteiger partial charge on any atom is -0.422 e. The predicted octanol–water partition coefficient (Wildman–Crippen LogP) is 3.40. The van der Waals surface area contributed by atoms with Crippen molar-refractivity contribution >= 4 is 16.9 Å². The molecule has 0 N–H and O–H groups in total. The summed E-state index contributed by atoms with van der Waals surface area (Å²) in [4.78, 5) is 27.0. The van der Waals surface area contributed by atoms with E-state index in [1.54, 1.807) is 23.1 Å². The van der Waals surface area contributed by atoms with Crippen molar-refractivity contribution < 1.29 is 13.9 Å². The quantitative estimate of drug-likeness (QED) is 0.666. The Morgan fingerprint density at radius 3 is 2.58 bits per heavy atom. The third-order valence-electron chi connectivity index (χ3n) is 4.59. The van der Waals surface area contributed by atoms with E-state index >= 15 is 0 Å². The van der Waals surface area contributed by atoms with Crippen LogP contribution in [0.4, 0.5) is 0 Å². The van der Waals surface area contributed by atoms with E-state index in [1.807, 2.05) is 49.4 Å². The largest absolute Gasteiger partial charge is 0.422 e. The van der Waals surface area contributed by atoms with E-state index in [2.05, 4.69) is 0 Å². The second kappa shape index (κ2) is 6.77. The molecular formula is C21H19NO4. The molecule has 2 atom stereocenters. The van der Waals surface area contributed by atoms with Crippen LogP contribution in [-0.4, -0.2) is 30.0 Å². The maximum atomic E-state index is 13.0. The molecule has 4 rings (SSSR count). The second-order valence-corrected chi connectivity index (χ2v) is 6.54. The van der Waals surface area contributed by atoms with Gasteiger partial charge in [0.1, 0.15) is 17.3 Å². The molecule has 0 bridgehead atoms. The van der Waals surface area contributed by atoms with Gasteiger partial charge >= 0.3 is 5.63 Å². The van der Waals surface area contributed by atoms with Gasteiger partial charge in [-0.3, -0.25) is 4.79 Å². The van der Waals surface area contributed by atoms with E-state index in [0.29, 0.717) is 18.7 Å². The molecule has 1 fully saturated rings. The van der Waals surface area contributed by atoms with Gasteiger partial charge in [0.15, 0.2) is 0 Å². The number of rotatable bonds is 2. The van der Waals surface area contributed by atoms with Crippen molar-refractivity contribution in [3.63, 3.8) is 0 Å². The summed E-state index contributed by atoms with van der Waals surface area (Å²) in [6.45, 7) is 2.77. The van der Waals surface area contributed by atoms with Gasteiger partial charge in [0, 0.05) is 11.9 Å². The van der Waals surface area contributed by atoms with Gasteiger partial charge in [-0.2, -0.15) is 0 Å². The van der Waals surface area contributed by atoms with E-state index < -0.39 is 5.63 Å². The van der Waals surface area contributed by atoms with Crippen LogP contribution in [-0.2, 0) is 4.74 Å². The van der Waals surface area contributed by atoms with Crippen molar-refractivity contribution in [3.8, 4) is 0 Å². The van der Waals surface area contributed by atoms with E-state index in [-0.39, 0.29) is 23.7 Å². The number of hydrogen-bond acceptors (Lipinski definition) is 4. The zero-order valence-corrected chi connectivity index (χ0v) is 14.4. The molecule has 0 spiro atoms. The molecule has 0 saturated carbocycles. The van der Waals surface area contributed by atoms with Gasteiger partial charge in [-0.25, -0.2) is 4.79 Å². The van der Waals surface area contributed by atoms with E-state index in [1.165, 1.54) is 0 Å². The van der Waals surface area contributed by atoms with Crippen molar-refractivity contribution in [2.24, 2.45) is 0 Å². The molecule has 2 unspecified atom stereocenters. The molecule has 2 aromatic carbocycles. The fraction of sp³-hybridized carbons (Fsp3) is 0.238. The minimum absolute atomic E-state index is 0.0598. The van der Waals surface area contributed by atoms with Crippen LogP contribution >= 0.6 is 0 Å². The highest BCUT2D eigenvalue weighted by molar-refractivity contribution is 5.96. The highest BCUT2D eigenvalue weighted by atomic mass is 16.5. The third-order valence-corrected chi connectivity index (χ3v) is 4.59. The van der Waals surface area contributed by atoms with Crippen molar-refractivity contribution in [1.82, 2.24) is 4.90 Å². The molecule has 1 aromatic heterocycles. The number of amides is 1. The number of carbonyl (C=O) groups excluding carboxylic acids is 1. The van der Waals surface area contributed by atoms with Crippen LogP contribution in [0, 0.1) is 0 Å². The van der Waals surface area contributed by atoms with Gasteiger partial charge in [-0.05, 0) is 24.6 Å². The molecule has 132 valence electrons. The van der Waals surface area contributed by atoms with Crippen LogP contribution in [0.5, 0.6) is 0 Å². The number of hydrogen-bond donors (Lipinski definition) is 0. The summed E-state index contributed by atoms with van der Waals surface area (Å²) in [6, 6.07) is 18.6. The van der Waals surface area contributed by atoms with Gasteiger partial charge in [0.05, 0.1) is 12.6 Å². The van der Waals surface area contributed by atoms with Crippen molar-refractivity contribution in [3.05, 3.63) is 82.2 Å². The SMILES string of the molecule is CC1CN(C(=O)c2cc3ccccc3oc2=O)CC(c2ccccc2)O1. The molecule has 0 radical (unpaired) electrons. The van der Waals surface area contributed by atoms with Crippen LogP contribution in [0.2, 0.25) is 0 Å². The lowest BCUT2D eigenvalue weighted by atomic mass is 10.1. The topological polar surface area (TPSA) is 59.8 Å². The Balaban J connectivity index is 1.65. The van der Waals surface area contributed by atoms with Gasteiger partial charge in [-0.15, -0.1) is 0 Å². The van der Waals surface area contributed by atoms with E-state index in [4.69, 9.17) is 9.15 Å². The lowest BCUT2D eigenvalue weighted by Gasteiger charge is -2.37. The molecule has 26 heavy (non-hydrogen) atoms. The maximum absolute atomic E-state index is 13.0. The molecule has 5 nitrogen and oxygen atoms in total. The molecule has 1 aliphatic rings. The van der Waals surface area contributed by atoms with E-state index in [0.717, 1.165) is 10.9 Å². The Bertz CT molecular complexity index is 996. The van der Waals surface area contributed by atoms with Crippen LogP contribution in [0.15, 0.2) is 69.9 Å². The second-order valence-electron chi connectivity index (χ2n) is 6.54. The Kier molecular flexibility index (Phi) is 4.31. The first-order valence-corrected chi connectivity index (χ1v) is 8.64. The van der Waals surface area contributed by atoms with Crippen LogP contribution in [0.3, 0.4) is 0 Å². The predicted molar refractivity (Wildman–Crippen MR) is 98.1 cm³/mol. The average Bonchev–Trinajstić information content (AvgIpc) is 2.67. The maximum Gasteiger partial charge on any atom is 0.349 e.